The van der Waals surface area contributed by atoms with Gasteiger partial charge in [0, 0.05) is 24.2 Å². The lowest BCUT2D eigenvalue weighted by Crippen LogP contribution is -2.40. The quantitative estimate of drug-likeness (QED) is 0.511. The van der Waals surface area contributed by atoms with Gasteiger partial charge in [-0.25, -0.2) is 0 Å². The molecule has 1 aromatic carbocycles. The molecule has 4 rings (SSSR count). The predicted octanol–water partition coefficient (Wildman–Crippen LogP) is 3.15. The van der Waals surface area contributed by atoms with Gasteiger partial charge in [-0.1, -0.05) is 24.3 Å². The van der Waals surface area contributed by atoms with E-state index in [0.717, 1.165) is 21.9 Å². The fourth-order valence-corrected chi connectivity index (χ4v) is 4.46. The average molecular weight is 466 g/mol. The smallest absolute Gasteiger partial charge is 0.242 e. The van der Waals surface area contributed by atoms with Gasteiger partial charge in [-0.2, -0.15) is 0 Å². The highest BCUT2D eigenvalue weighted by atomic mass is 32.1. The summed E-state index contributed by atoms with van der Waals surface area (Å²) >= 11 is 1.54. The Labute approximate surface area is 197 Å². The summed E-state index contributed by atoms with van der Waals surface area (Å²) < 4.78 is 11.5. The maximum atomic E-state index is 13.1. The van der Waals surface area contributed by atoms with Crippen LogP contribution in [0.15, 0.2) is 66.2 Å². The van der Waals surface area contributed by atoms with E-state index in [-0.39, 0.29) is 30.9 Å². The molecule has 1 fully saturated rings. The van der Waals surface area contributed by atoms with Crippen LogP contribution in [0.5, 0.6) is 5.75 Å². The molecule has 0 bridgehead atoms. The van der Waals surface area contributed by atoms with E-state index in [4.69, 9.17) is 9.47 Å². The van der Waals surface area contributed by atoms with Gasteiger partial charge in [-0.3, -0.25) is 14.6 Å². The highest BCUT2D eigenvalue weighted by molar-refractivity contribution is 7.10. The highest BCUT2D eigenvalue weighted by Crippen LogP contribution is 2.18. The zero-order valence-corrected chi connectivity index (χ0v) is 19.4. The van der Waals surface area contributed by atoms with Crippen LogP contribution in [0, 0.1) is 0 Å². The lowest BCUT2D eigenvalue weighted by Gasteiger charge is -2.25. The number of carbonyl (C=O) groups excluding carboxylic acids is 2. The second kappa shape index (κ2) is 11.1. The summed E-state index contributed by atoms with van der Waals surface area (Å²) in [4.78, 5) is 34.8. The van der Waals surface area contributed by atoms with Crippen LogP contribution in [0.2, 0.25) is 0 Å². The third kappa shape index (κ3) is 6.40. The van der Waals surface area contributed by atoms with Crippen molar-refractivity contribution in [2.45, 2.75) is 25.7 Å². The van der Waals surface area contributed by atoms with Crippen LogP contribution < -0.4 is 4.74 Å². The van der Waals surface area contributed by atoms with Crippen LogP contribution in [0.25, 0.3) is 0 Å². The normalized spacial score (nSPS) is 16.5. The third-order valence-corrected chi connectivity index (χ3v) is 6.36. The van der Waals surface area contributed by atoms with Gasteiger partial charge in [0.05, 0.1) is 45.0 Å². The Balaban J connectivity index is 1.49. The topological polar surface area (TPSA) is 72.0 Å². The van der Waals surface area contributed by atoms with E-state index in [1.165, 1.54) is 0 Å². The lowest BCUT2D eigenvalue weighted by atomic mass is 10.2. The largest absolute Gasteiger partial charge is 0.497 e. The van der Waals surface area contributed by atoms with Crippen molar-refractivity contribution in [1.29, 1.82) is 0 Å². The van der Waals surface area contributed by atoms with E-state index in [1.54, 1.807) is 34.4 Å². The Kier molecular flexibility index (Phi) is 7.70. The number of hydrogen-bond acceptors (Lipinski definition) is 6. The summed E-state index contributed by atoms with van der Waals surface area (Å²) in [6.07, 6.45) is 1.68. The number of thiophene rings is 1. The second-order valence-corrected chi connectivity index (χ2v) is 8.94. The molecule has 0 aliphatic carbocycles. The summed E-state index contributed by atoms with van der Waals surface area (Å²) in [6, 6.07) is 17.2. The lowest BCUT2D eigenvalue weighted by molar-refractivity contribution is -0.138. The molecular formula is C25H27N3O4S. The zero-order valence-electron chi connectivity index (χ0n) is 18.6. The van der Waals surface area contributed by atoms with Crippen molar-refractivity contribution >= 4 is 23.2 Å². The number of carbonyl (C=O) groups is 2. The molecule has 0 unspecified atom stereocenters. The van der Waals surface area contributed by atoms with Crippen LogP contribution in [0.4, 0.5) is 0 Å². The molecule has 2 amide bonds. The van der Waals surface area contributed by atoms with Crippen molar-refractivity contribution in [3.05, 3.63) is 82.3 Å². The number of rotatable bonds is 8. The predicted molar refractivity (Wildman–Crippen MR) is 126 cm³/mol. The number of pyridine rings is 1. The molecule has 8 heteroatoms. The molecule has 33 heavy (non-hydrogen) atoms. The number of benzene rings is 1. The number of amides is 2. The van der Waals surface area contributed by atoms with Gasteiger partial charge >= 0.3 is 0 Å². The minimum absolute atomic E-state index is 0.0378. The molecule has 172 valence electrons. The summed E-state index contributed by atoms with van der Waals surface area (Å²) in [5.74, 6) is 0.588. The molecule has 1 aliphatic rings. The first-order chi connectivity index (χ1) is 16.1. The van der Waals surface area contributed by atoms with E-state index in [0.29, 0.717) is 26.2 Å². The van der Waals surface area contributed by atoms with E-state index in [2.05, 4.69) is 4.98 Å². The van der Waals surface area contributed by atoms with E-state index < -0.39 is 0 Å². The molecule has 0 saturated carbocycles. The van der Waals surface area contributed by atoms with Gasteiger partial charge in [0.25, 0.3) is 0 Å². The fraction of sp³-hybridized carbons (Fsp3) is 0.320. The van der Waals surface area contributed by atoms with E-state index in [9.17, 15) is 9.59 Å². The fourth-order valence-electron chi connectivity index (χ4n) is 3.76. The SMILES string of the molecule is COc1cccc(CO[C@H]2CN(C(=O)Cc3cccs3)CC(=O)N(Cc3ccccn3)C2)c1. The summed E-state index contributed by atoms with van der Waals surface area (Å²) in [5.41, 5.74) is 1.77. The third-order valence-electron chi connectivity index (χ3n) is 5.48. The first kappa shape index (κ1) is 22.9. The molecule has 0 radical (unpaired) electrons. The molecule has 1 saturated heterocycles. The van der Waals surface area contributed by atoms with Gasteiger partial charge in [0.15, 0.2) is 0 Å². The maximum Gasteiger partial charge on any atom is 0.242 e. The molecule has 0 spiro atoms. The Bertz CT molecular complexity index is 1060. The molecule has 7 nitrogen and oxygen atoms in total. The highest BCUT2D eigenvalue weighted by Gasteiger charge is 2.31. The second-order valence-electron chi connectivity index (χ2n) is 7.91. The minimum atomic E-state index is -0.321. The molecule has 1 atom stereocenters. The average Bonchev–Trinajstić information content (AvgIpc) is 3.29. The van der Waals surface area contributed by atoms with Crippen molar-refractivity contribution < 1.29 is 19.1 Å². The first-order valence-corrected chi connectivity index (χ1v) is 11.7. The zero-order chi connectivity index (χ0) is 23.0. The molecular weight excluding hydrogens is 438 g/mol. The molecule has 1 aliphatic heterocycles. The maximum absolute atomic E-state index is 13.1. The Morgan fingerprint density at radius 3 is 2.82 bits per heavy atom. The van der Waals surface area contributed by atoms with Gasteiger partial charge in [0.1, 0.15) is 5.75 Å². The van der Waals surface area contributed by atoms with Crippen molar-refractivity contribution in [3.63, 3.8) is 0 Å². The van der Waals surface area contributed by atoms with Crippen molar-refractivity contribution in [1.82, 2.24) is 14.8 Å². The summed E-state index contributed by atoms with van der Waals surface area (Å²) in [6.45, 7) is 1.53. The number of ether oxygens (including phenoxy) is 2. The molecule has 0 N–H and O–H groups in total. The van der Waals surface area contributed by atoms with E-state index in [1.807, 2.05) is 60.0 Å². The number of nitrogens with zero attached hydrogens (tertiary/aromatic N) is 3. The van der Waals surface area contributed by atoms with Gasteiger partial charge in [0.2, 0.25) is 11.8 Å². The monoisotopic (exact) mass is 465 g/mol. The van der Waals surface area contributed by atoms with Gasteiger partial charge in [-0.15, -0.1) is 11.3 Å². The molecule has 3 aromatic rings. The van der Waals surface area contributed by atoms with Crippen LogP contribution in [-0.4, -0.2) is 59.4 Å². The van der Waals surface area contributed by atoms with Crippen LogP contribution >= 0.6 is 11.3 Å². The van der Waals surface area contributed by atoms with Gasteiger partial charge in [-0.05, 0) is 41.3 Å². The van der Waals surface area contributed by atoms with Crippen molar-refractivity contribution in [2.24, 2.45) is 0 Å². The Morgan fingerprint density at radius 1 is 1.15 bits per heavy atom. The van der Waals surface area contributed by atoms with Crippen molar-refractivity contribution in [3.8, 4) is 5.75 Å². The first-order valence-electron chi connectivity index (χ1n) is 10.8. The number of aromatic nitrogens is 1. The number of methoxy groups -OCH3 is 1. The van der Waals surface area contributed by atoms with E-state index >= 15 is 0 Å². The van der Waals surface area contributed by atoms with Crippen LogP contribution in [-0.2, 0) is 33.9 Å². The standard InChI is InChI=1S/C25H27N3O4S/c1-31-21-8-4-6-19(12-21)18-32-22-15-27(14-20-7-2-3-10-26-20)25(30)17-28(16-22)24(29)13-23-9-5-11-33-23/h2-12,22H,13-18H2,1H3/t22-/m1/s1. The van der Waals surface area contributed by atoms with Crippen molar-refractivity contribution in [2.75, 3.05) is 26.7 Å². The summed E-state index contributed by atoms with van der Waals surface area (Å²) in [7, 11) is 1.63. The van der Waals surface area contributed by atoms with Crippen LogP contribution in [0.3, 0.4) is 0 Å². The minimum Gasteiger partial charge on any atom is -0.497 e. The Morgan fingerprint density at radius 2 is 2.06 bits per heavy atom. The summed E-state index contributed by atoms with van der Waals surface area (Å²) in [5, 5.41) is 1.95. The number of hydrogen-bond donors (Lipinski definition) is 0. The molecule has 3 heterocycles. The van der Waals surface area contributed by atoms with Crippen LogP contribution in [0.1, 0.15) is 16.1 Å². The Hall–Kier alpha value is -3.23. The van der Waals surface area contributed by atoms with Gasteiger partial charge < -0.3 is 19.3 Å². The molecule has 2 aromatic heterocycles.